The Labute approximate surface area is 264 Å². The minimum absolute atomic E-state index is 0.0583. The summed E-state index contributed by atoms with van der Waals surface area (Å²) in [6.45, 7) is 8.42. The van der Waals surface area contributed by atoms with Gasteiger partial charge in [0.25, 0.3) is 0 Å². The van der Waals surface area contributed by atoms with Gasteiger partial charge in [-0.2, -0.15) is 9.65 Å². The van der Waals surface area contributed by atoms with Crippen molar-refractivity contribution in [1.29, 1.82) is 5.26 Å². The molecule has 0 unspecified atom stereocenters. The highest BCUT2D eigenvalue weighted by Crippen LogP contribution is 2.62. The summed E-state index contributed by atoms with van der Waals surface area (Å²) in [4.78, 5) is 23.7. The molecule has 3 heterocycles. The van der Waals surface area contributed by atoms with Crippen molar-refractivity contribution in [3.63, 3.8) is 0 Å². The second-order valence-electron chi connectivity index (χ2n) is 12.8. The molecule has 228 valence electrons. The number of nitriles is 1. The SMILES string of the molecule is Cc1nc(F)ccc1[C@@H](c1cn(C23CC(C2)C3)nn1)N(C(=O)OCCl)c1cc(Cl)c2ncc(C#N)c(NCC(C)(C)C)c2c1. The van der Waals surface area contributed by atoms with Crippen molar-refractivity contribution in [3.8, 4) is 6.07 Å². The van der Waals surface area contributed by atoms with E-state index in [1.165, 1.54) is 17.2 Å². The predicted molar refractivity (Wildman–Crippen MR) is 165 cm³/mol. The Bertz CT molecular complexity index is 1800. The molecule has 3 aromatic heterocycles. The summed E-state index contributed by atoms with van der Waals surface area (Å²) >= 11 is 12.7. The summed E-state index contributed by atoms with van der Waals surface area (Å²) in [6, 6.07) is 6.96. The third kappa shape index (κ3) is 5.30. The highest BCUT2D eigenvalue weighted by atomic mass is 35.5. The number of nitrogens with one attached hydrogen (secondary N) is 1. The monoisotopic (exact) mass is 636 g/mol. The molecule has 10 nitrogen and oxygen atoms in total. The number of benzene rings is 1. The standard InChI is InChI=1S/C31H31Cl2FN8O2/c1-17-21(5-6-25(34)38-17)28(24-14-41(40-39-24)31-9-18(10-31)11-31)42(29(43)44-16-32)20-7-22-26(37-15-30(2,3)4)19(12-35)13-36-27(22)23(33)8-20/h5-8,13-14,18,28H,9-11,15-16H2,1-4H3,(H,36,37)/t18?,28-,31?/m0/s1. The van der Waals surface area contributed by atoms with Crippen LogP contribution in [0.3, 0.4) is 0 Å². The number of hydrogen-bond acceptors (Lipinski definition) is 8. The van der Waals surface area contributed by atoms with E-state index in [1.54, 1.807) is 25.1 Å². The van der Waals surface area contributed by atoms with Gasteiger partial charge in [0.2, 0.25) is 5.95 Å². The molecular weight excluding hydrogens is 606 g/mol. The van der Waals surface area contributed by atoms with E-state index >= 15 is 0 Å². The van der Waals surface area contributed by atoms with Gasteiger partial charge in [-0.05, 0) is 55.7 Å². The van der Waals surface area contributed by atoms with Crippen molar-refractivity contribution in [1.82, 2.24) is 25.0 Å². The van der Waals surface area contributed by atoms with Crippen LogP contribution >= 0.6 is 23.2 Å². The third-order valence-corrected chi connectivity index (χ3v) is 8.80. The van der Waals surface area contributed by atoms with E-state index in [0.717, 1.165) is 19.3 Å². The fraction of sp³-hybridized carbons (Fsp3) is 0.419. The van der Waals surface area contributed by atoms with Crippen molar-refractivity contribution >= 4 is 51.6 Å². The van der Waals surface area contributed by atoms with Gasteiger partial charge in [-0.3, -0.25) is 9.88 Å². The summed E-state index contributed by atoms with van der Waals surface area (Å²) in [5, 5.41) is 23.1. The summed E-state index contributed by atoms with van der Waals surface area (Å²) in [6.07, 6.45) is 5.62. The Morgan fingerprint density at radius 3 is 2.68 bits per heavy atom. The van der Waals surface area contributed by atoms with Crippen molar-refractivity contribution in [3.05, 3.63) is 70.1 Å². The second kappa shape index (κ2) is 11.2. The zero-order chi connectivity index (χ0) is 31.4. The number of anilines is 2. The van der Waals surface area contributed by atoms with Crippen molar-refractivity contribution in [2.75, 3.05) is 22.8 Å². The normalized spacial score (nSPS) is 19.5. The number of carbonyl (C=O) groups excluding carboxylic acids is 1. The average Bonchev–Trinajstić information content (AvgIpc) is 3.37. The van der Waals surface area contributed by atoms with Crippen LogP contribution in [-0.2, 0) is 10.3 Å². The predicted octanol–water partition coefficient (Wildman–Crippen LogP) is 7.09. The molecule has 0 spiro atoms. The molecule has 7 rings (SSSR count). The molecule has 44 heavy (non-hydrogen) atoms. The number of halogens is 3. The first-order valence-electron chi connectivity index (χ1n) is 14.3. The van der Waals surface area contributed by atoms with Crippen molar-refractivity contribution in [2.45, 2.75) is 58.5 Å². The fourth-order valence-electron chi connectivity index (χ4n) is 6.10. The maximum Gasteiger partial charge on any atom is 0.416 e. The zero-order valence-corrected chi connectivity index (χ0v) is 26.2. The van der Waals surface area contributed by atoms with Crippen molar-refractivity contribution in [2.24, 2.45) is 11.3 Å². The summed E-state index contributed by atoms with van der Waals surface area (Å²) < 4.78 is 21.4. The number of rotatable bonds is 8. The molecule has 1 amide bonds. The van der Waals surface area contributed by atoms with E-state index in [1.807, 2.05) is 10.9 Å². The van der Waals surface area contributed by atoms with Crippen LogP contribution in [0.4, 0.5) is 20.6 Å². The molecule has 4 aromatic rings. The number of ether oxygens (including phenoxy) is 1. The molecule has 3 aliphatic rings. The van der Waals surface area contributed by atoms with E-state index in [-0.39, 0.29) is 16.0 Å². The second-order valence-corrected chi connectivity index (χ2v) is 13.4. The largest absolute Gasteiger partial charge is 0.433 e. The molecule has 13 heteroatoms. The van der Waals surface area contributed by atoms with E-state index in [2.05, 4.69) is 52.4 Å². The molecule has 1 N–H and O–H groups in total. The molecule has 0 aliphatic heterocycles. The molecular formula is C31H31Cl2FN8O2. The van der Waals surface area contributed by atoms with Crippen LogP contribution in [0.5, 0.6) is 0 Å². The lowest BCUT2D eigenvalue weighted by molar-refractivity contribution is -0.0989. The summed E-state index contributed by atoms with van der Waals surface area (Å²) in [7, 11) is 0. The number of carbonyl (C=O) groups is 1. The summed E-state index contributed by atoms with van der Waals surface area (Å²) in [5.74, 6) is 0.0563. The van der Waals surface area contributed by atoms with Crippen LogP contribution in [0, 0.1) is 35.5 Å². The molecule has 0 saturated heterocycles. The first-order valence-corrected chi connectivity index (χ1v) is 15.2. The number of amides is 1. The van der Waals surface area contributed by atoms with E-state index < -0.39 is 24.1 Å². The Balaban J connectivity index is 1.56. The van der Waals surface area contributed by atoms with Gasteiger partial charge < -0.3 is 10.1 Å². The van der Waals surface area contributed by atoms with Gasteiger partial charge in [0.15, 0.2) is 6.07 Å². The lowest BCUT2D eigenvalue weighted by atomic mass is 9.50. The van der Waals surface area contributed by atoms with Gasteiger partial charge >= 0.3 is 6.09 Å². The van der Waals surface area contributed by atoms with Gasteiger partial charge in [0.05, 0.1) is 39.2 Å². The van der Waals surface area contributed by atoms with Gasteiger partial charge in [-0.25, -0.2) is 14.5 Å². The maximum absolute atomic E-state index is 14.2. The lowest BCUT2D eigenvalue weighted by Gasteiger charge is -2.61. The maximum atomic E-state index is 14.2. The third-order valence-electron chi connectivity index (χ3n) is 8.41. The minimum atomic E-state index is -0.938. The van der Waals surface area contributed by atoms with Crippen LogP contribution in [0.2, 0.25) is 5.02 Å². The number of hydrogen-bond donors (Lipinski definition) is 1. The lowest BCUT2D eigenvalue weighted by Crippen LogP contribution is -2.59. The van der Waals surface area contributed by atoms with E-state index in [0.29, 0.717) is 57.3 Å². The van der Waals surface area contributed by atoms with Crippen LogP contribution in [0.1, 0.15) is 68.6 Å². The molecule has 3 aliphatic carbocycles. The van der Waals surface area contributed by atoms with Crippen molar-refractivity contribution < 1.29 is 13.9 Å². The Morgan fingerprint density at radius 1 is 1.32 bits per heavy atom. The summed E-state index contributed by atoms with van der Waals surface area (Å²) in [5.41, 5.74) is 2.75. The number of fused-ring (bicyclic) bond motifs is 1. The van der Waals surface area contributed by atoms with Gasteiger partial charge in [0.1, 0.15) is 17.8 Å². The number of aryl methyl sites for hydroxylation is 1. The smallest absolute Gasteiger partial charge is 0.416 e. The highest BCUT2D eigenvalue weighted by Gasteiger charge is 2.59. The first-order chi connectivity index (χ1) is 20.9. The Kier molecular flexibility index (Phi) is 7.62. The highest BCUT2D eigenvalue weighted by molar-refractivity contribution is 6.36. The molecule has 0 radical (unpaired) electrons. The zero-order valence-electron chi connectivity index (χ0n) is 24.7. The number of aromatic nitrogens is 5. The number of pyridine rings is 2. The fourth-order valence-corrected chi connectivity index (χ4v) is 6.45. The Morgan fingerprint density at radius 2 is 2.07 bits per heavy atom. The minimum Gasteiger partial charge on any atom is -0.433 e. The van der Waals surface area contributed by atoms with Crippen LogP contribution < -0.4 is 10.2 Å². The number of nitrogens with zero attached hydrogens (tertiary/aromatic N) is 7. The molecule has 3 fully saturated rings. The molecule has 3 saturated carbocycles. The molecule has 1 atom stereocenters. The Hall–Kier alpha value is -4.01. The van der Waals surface area contributed by atoms with E-state index in [4.69, 9.17) is 27.9 Å². The number of alkyl halides is 1. The molecule has 2 bridgehead atoms. The van der Waals surface area contributed by atoms with E-state index in [9.17, 15) is 14.4 Å². The van der Waals surface area contributed by atoms with Gasteiger partial charge in [0, 0.05) is 29.4 Å². The van der Waals surface area contributed by atoms with Crippen LogP contribution in [-0.4, -0.2) is 43.7 Å². The van der Waals surface area contributed by atoms with Gasteiger partial charge in [-0.1, -0.05) is 55.3 Å². The molecule has 1 aromatic carbocycles. The van der Waals surface area contributed by atoms with Crippen LogP contribution in [0.15, 0.2) is 36.7 Å². The topological polar surface area (TPSA) is 122 Å². The quantitative estimate of drug-likeness (QED) is 0.161. The van der Waals surface area contributed by atoms with Gasteiger partial charge in [-0.15, -0.1) is 5.10 Å². The first kappa shape index (κ1) is 30.0. The van der Waals surface area contributed by atoms with Crippen LogP contribution in [0.25, 0.3) is 10.9 Å². The average molecular weight is 638 g/mol.